The lowest BCUT2D eigenvalue weighted by Crippen LogP contribution is -1.90. The minimum absolute atomic E-state index is 0.0232. The molecule has 0 unspecified atom stereocenters. The van der Waals surface area contributed by atoms with Crippen molar-refractivity contribution in [1.29, 1.82) is 0 Å². The lowest BCUT2D eigenvalue weighted by Gasteiger charge is -2.17. The molecule has 0 saturated heterocycles. The third kappa shape index (κ3) is 2.93. The molecule has 9 rings (SSSR count). The molecule has 0 atom stereocenters. The second-order valence-corrected chi connectivity index (χ2v) is 9.32. The van der Waals surface area contributed by atoms with Crippen LogP contribution in [-0.2, 0) is 0 Å². The SMILES string of the molecule is [2H]c1c([2H])c([2H])c2c(-c3c4c([2H])c([2H])c([2H])c([2H])c4c(-c4cc5ccc6oc7ccccc7c6c5o4)c4c([2H])c([2H])c([2H])c([2H])c34)c([2H])c([2H])c([2H])c2c1[2H]. The van der Waals surface area contributed by atoms with Crippen LogP contribution in [0.4, 0.5) is 0 Å². The maximum absolute atomic E-state index is 9.28. The summed E-state index contributed by atoms with van der Waals surface area (Å²) < 4.78 is 146. The number of furan rings is 2. The minimum atomic E-state index is -0.770. The van der Waals surface area contributed by atoms with E-state index >= 15 is 0 Å². The number of para-hydroxylation sites is 1. The summed E-state index contributed by atoms with van der Waals surface area (Å²) in [4.78, 5) is 0. The van der Waals surface area contributed by atoms with Crippen molar-refractivity contribution in [1.82, 2.24) is 0 Å². The number of fused-ring (bicyclic) bond motifs is 8. The van der Waals surface area contributed by atoms with Crippen molar-refractivity contribution in [2.75, 3.05) is 0 Å². The molecule has 0 saturated carbocycles. The number of rotatable bonds is 2. The molecule has 7 aromatic carbocycles. The molecule has 40 heavy (non-hydrogen) atoms. The maximum Gasteiger partial charge on any atom is 0.146 e. The number of benzene rings is 7. The maximum atomic E-state index is 9.28. The first-order valence-corrected chi connectivity index (χ1v) is 12.4. The normalized spacial score (nSPS) is 17.2. The second-order valence-electron chi connectivity index (χ2n) is 9.32. The van der Waals surface area contributed by atoms with Crippen LogP contribution in [0.3, 0.4) is 0 Å². The van der Waals surface area contributed by atoms with Crippen molar-refractivity contribution in [3.05, 3.63) is 133 Å². The molecular formula is C38H22O2. The lowest BCUT2D eigenvalue weighted by molar-refractivity contribution is 0.635. The Bertz CT molecular complexity index is 3180. The van der Waals surface area contributed by atoms with Gasteiger partial charge in [-0.3, -0.25) is 0 Å². The fourth-order valence-corrected chi connectivity index (χ4v) is 5.55. The van der Waals surface area contributed by atoms with Gasteiger partial charge in [0, 0.05) is 16.3 Å². The van der Waals surface area contributed by atoms with E-state index in [0.29, 0.717) is 27.5 Å². The highest BCUT2D eigenvalue weighted by Crippen LogP contribution is 2.47. The number of hydrogen-bond acceptors (Lipinski definition) is 2. The van der Waals surface area contributed by atoms with Gasteiger partial charge in [-0.05, 0) is 67.7 Å². The van der Waals surface area contributed by atoms with E-state index in [1.807, 2.05) is 18.2 Å². The fourth-order valence-electron chi connectivity index (χ4n) is 5.55. The third-order valence-electron chi connectivity index (χ3n) is 7.21. The summed E-state index contributed by atoms with van der Waals surface area (Å²) in [7, 11) is 0. The minimum Gasteiger partial charge on any atom is -0.456 e. The van der Waals surface area contributed by atoms with Crippen LogP contribution in [0, 0.1) is 0 Å². The summed E-state index contributed by atoms with van der Waals surface area (Å²) in [6, 6.07) is 1.78. The van der Waals surface area contributed by atoms with Crippen LogP contribution in [0.5, 0.6) is 0 Å². The molecule has 0 aliphatic rings. The molecule has 0 amide bonds. The van der Waals surface area contributed by atoms with E-state index < -0.39 is 107 Å². The van der Waals surface area contributed by atoms with Crippen LogP contribution < -0.4 is 0 Å². The van der Waals surface area contributed by atoms with Crippen molar-refractivity contribution < 1.29 is 29.4 Å². The quantitative estimate of drug-likeness (QED) is 0.210. The molecule has 0 aliphatic carbocycles. The van der Waals surface area contributed by atoms with Crippen LogP contribution in [0.2, 0.25) is 0 Å². The first-order valence-electron chi connectivity index (χ1n) is 19.9. The van der Waals surface area contributed by atoms with Gasteiger partial charge in [-0.15, -0.1) is 0 Å². The summed E-state index contributed by atoms with van der Waals surface area (Å²) in [5, 5.41) is -0.224. The highest BCUT2D eigenvalue weighted by molar-refractivity contribution is 6.24. The number of hydrogen-bond donors (Lipinski definition) is 0. The molecule has 0 bridgehead atoms. The van der Waals surface area contributed by atoms with Gasteiger partial charge in [0.25, 0.3) is 0 Å². The first-order chi connectivity index (χ1) is 26.1. The van der Waals surface area contributed by atoms with Crippen molar-refractivity contribution in [3.8, 4) is 22.5 Å². The van der Waals surface area contributed by atoms with Crippen LogP contribution >= 0.6 is 0 Å². The smallest absolute Gasteiger partial charge is 0.146 e. The zero-order valence-electron chi connectivity index (χ0n) is 35.4. The molecule has 9 aromatic rings. The zero-order valence-corrected chi connectivity index (χ0v) is 20.4. The lowest BCUT2D eigenvalue weighted by atomic mass is 9.86. The van der Waals surface area contributed by atoms with E-state index in [4.69, 9.17) is 22.5 Å². The molecule has 186 valence electrons. The summed E-state index contributed by atoms with van der Waals surface area (Å²) >= 11 is 0. The third-order valence-corrected chi connectivity index (χ3v) is 7.21. The Morgan fingerprint density at radius 3 is 1.90 bits per heavy atom. The Balaban J connectivity index is 1.61. The Morgan fingerprint density at radius 2 is 1.12 bits per heavy atom. The molecule has 2 heterocycles. The van der Waals surface area contributed by atoms with Crippen molar-refractivity contribution >= 4 is 65.2 Å². The molecule has 2 nitrogen and oxygen atoms in total. The molecule has 2 heteroatoms. The van der Waals surface area contributed by atoms with E-state index in [-0.39, 0.29) is 38.4 Å². The van der Waals surface area contributed by atoms with Gasteiger partial charge in [0.15, 0.2) is 0 Å². The van der Waals surface area contributed by atoms with Gasteiger partial charge in [0.2, 0.25) is 0 Å². The Morgan fingerprint density at radius 1 is 0.475 bits per heavy atom. The monoisotopic (exact) mass is 525 g/mol. The van der Waals surface area contributed by atoms with Crippen LogP contribution in [0.25, 0.3) is 87.7 Å². The Kier molecular flexibility index (Phi) is 2.39. The van der Waals surface area contributed by atoms with Gasteiger partial charge in [0.1, 0.15) is 22.5 Å². The van der Waals surface area contributed by atoms with Crippen LogP contribution in [-0.4, -0.2) is 0 Å². The van der Waals surface area contributed by atoms with Gasteiger partial charge in [-0.2, -0.15) is 0 Å². The molecule has 0 fully saturated rings. The van der Waals surface area contributed by atoms with Crippen molar-refractivity contribution in [2.24, 2.45) is 0 Å². The van der Waals surface area contributed by atoms with Gasteiger partial charge < -0.3 is 8.83 Å². The summed E-state index contributed by atoms with van der Waals surface area (Å²) in [5.41, 5.74) is 0.439. The predicted molar refractivity (Wildman–Crippen MR) is 167 cm³/mol. The van der Waals surface area contributed by atoms with E-state index in [2.05, 4.69) is 0 Å². The Hall–Kier alpha value is -5.34. The van der Waals surface area contributed by atoms with E-state index in [1.165, 1.54) is 0 Å². The van der Waals surface area contributed by atoms with Crippen LogP contribution in [0.15, 0.2) is 142 Å². The molecule has 2 aromatic heterocycles. The van der Waals surface area contributed by atoms with Crippen molar-refractivity contribution in [3.63, 3.8) is 0 Å². The van der Waals surface area contributed by atoms with Gasteiger partial charge in [-0.25, -0.2) is 0 Å². The summed E-state index contributed by atoms with van der Waals surface area (Å²) in [5.74, 6) is -0.0232. The van der Waals surface area contributed by atoms with E-state index in [0.717, 1.165) is 5.39 Å². The first kappa shape index (κ1) is 11.8. The second kappa shape index (κ2) is 8.08. The largest absolute Gasteiger partial charge is 0.456 e. The van der Waals surface area contributed by atoms with E-state index in [1.54, 1.807) is 24.3 Å². The summed E-state index contributed by atoms with van der Waals surface area (Å²) in [6.07, 6.45) is 0. The highest BCUT2D eigenvalue weighted by atomic mass is 16.3. The fraction of sp³-hybridized carbons (Fsp3) is 0. The molecule has 0 aliphatic heterocycles. The highest BCUT2D eigenvalue weighted by Gasteiger charge is 2.21. The molecule has 0 radical (unpaired) electrons. The topological polar surface area (TPSA) is 26.3 Å². The Labute approximate surface area is 250 Å². The van der Waals surface area contributed by atoms with Crippen LogP contribution in [0.1, 0.15) is 20.6 Å². The molecular weight excluding hydrogens is 488 g/mol. The zero-order chi connectivity index (χ0) is 39.3. The van der Waals surface area contributed by atoms with Gasteiger partial charge in [0.05, 0.1) is 25.9 Å². The predicted octanol–water partition coefficient (Wildman–Crippen LogP) is 11.1. The van der Waals surface area contributed by atoms with E-state index in [9.17, 15) is 6.85 Å². The van der Waals surface area contributed by atoms with Crippen molar-refractivity contribution in [2.45, 2.75) is 0 Å². The molecule has 0 spiro atoms. The average Bonchev–Trinajstić information content (AvgIpc) is 3.78. The van der Waals surface area contributed by atoms with Gasteiger partial charge in [-0.1, -0.05) is 109 Å². The summed E-state index contributed by atoms with van der Waals surface area (Å²) in [6.45, 7) is 0. The standard InChI is InChI=1S/C38H22O2/c1-2-12-25-23(10-1)11-9-18-26(25)35-27-13-3-5-15-29(27)36(30-16-6-4-14-28(30)35)34-22-24-20-21-33-37(38(24)40-34)31-17-7-8-19-32(31)39-33/h1-22H/i1D,2D,3D,4D,5D,6D,9D,10D,11D,12D,13D,14D,15D,16D,18D. The molecule has 0 N–H and O–H groups in total. The average molecular weight is 526 g/mol. The van der Waals surface area contributed by atoms with Gasteiger partial charge >= 0.3 is 0 Å².